The minimum absolute atomic E-state index is 0.202. The molecule has 1 heterocycles. The molecule has 2 rings (SSSR count). The van der Waals surface area contributed by atoms with E-state index < -0.39 is 0 Å². The Kier molecular flexibility index (Phi) is 4.90. The van der Waals surface area contributed by atoms with Crippen LogP contribution in [0.25, 0.3) is 10.2 Å². The van der Waals surface area contributed by atoms with Crippen LogP contribution < -0.4 is 0 Å². The molecule has 0 radical (unpaired) electrons. The quantitative estimate of drug-likeness (QED) is 0.594. The van der Waals surface area contributed by atoms with Crippen LogP contribution in [0.5, 0.6) is 0 Å². The first-order valence-corrected chi connectivity index (χ1v) is 7.57. The Labute approximate surface area is 123 Å². The number of nitrogens with zero attached hydrogens (tertiary/aromatic N) is 1. The zero-order valence-electron chi connectivity index (χ0n) is 11.9. The van der Waals surface area contributed by atoms with Gasteiger partial charge in [-0.25, -0.2) is 4.98 Å². The first-order chi connectivity index (χ1) is 9.60. The third kappa shape index (κ3) is 3.67. The van der Waals surface area contributed by atoms with Crippen molar-refractivity contribution in [2.75, 3.05) is 6.61 Å². The number of hydrogen-bond acceptors (Lipinski definition) is 4. The predicted octanol–water partition coefficient (Wildman–Crippen LogP) is 4.08. The maximum Gasteiger partial charge on any atom is 0.306 e. The fourth-order valence-electron chi connectivity index (χ4n) is 1.89. The average Bonchev–Trinajstić information content (AvgIpc) is 2.84. The highest BCUT2D eigenvalue weighted by molar-refractivity contribution is 7.18. The molecule has 2 aromatic rings. The summed E-state index contributed by atoms with van der Waals surface area (Å²) in [4.78, 5) is 16.0. The predicted molar refractivity (Wildman–Crippen MR) is 83.2 cm³/mol. The van der Waals surface area contributed by atoms with Crippen molar-refractivity contribution in [2.45, 2.75) is 32.6 Å². The van der Waals surface area contributed by atoms with E-state index in [0.29, 0.717) is 18.8 Å². The van der Waals surface area contributed by atoms with Gasteiger partial charge in [0.1, 0.15) is 6.61 Å². The van der Waals surface area contributed by atoms with Gasteiger partial charge in [0.25, 0.3) is 0 Å². The standard InChI is InChI=1S/C16H19NO2S/c1-4-9-19-16(18)8-7-15-17-13-6-5-12(11(2)3)10-14(13)20-15/h4-6,10-11H,1,7-9H2,2-3H3. The number of hydrogen-bond donors (Lipinski definition) is 0. The Morgan fingerprint density at radius 1 is 1.50 bits per heavy atom. The highest BCUT2D eigenvalue weighted by Crippen LogP contribution is 2.26. The van der Waals surface area contributed by atoms with Gasteiger partial charge in [-0.05, 0) is 23.6 Å². The van der Waals surface area contributed by atoms with Crippen molar-refractivity contribution in [1.29, 1.82) is 0 Å². The molecule has 1 aromatic heterocycles. The fourth-order valence-corrected chi connectivity index (χ4v) is 2.90. The molecule has 0 aliphatic heterocycles. The number of thiazole rings is 1. The average molecular weight is 289 g/mol. The molecule has 20 heavy (non-hydrogen) atoms. The van der Waals surface area contributed by atoms with Crippen molar-refractivity contribution >= 4 is 27.5 Å². The van der Waals surface area contributed by atoms with Crippen molar-refractivity contribution in [3.05, 3.63) is 41.4 Å². The molecule has 0 bridgehead atoms. The lowest BCUT2D eigenvalue weighted by Gasteiger charge is -2.03. The molecule has 0 atom stereocenters. The normalized spacial score (nSPS) is 10.9. The molecule has 1 aromatic carbocycles. The maximum atomic E-state index is 11.4. The molecular formula is C16H19NO2S. The number of esters is 1. The largest absolute Gasteiger partial charge is 0.461 e. The summed E-state index contributed by atoms with van der Waals surface area (Å²) in [6.07, 6.45) is 2.57. The van der Waals surface area contributed by atoms with Crippen molar-refractivity contribution in [1.82, 2.24) is 4.98 Å². The van der Waals surface area contributed by atoms with Gasteiger partial charge in [-0.1, -0.05) is 32.6 Å². The van der Waals surface area contributed by atoms with Gasteiger partial charge in [-0.2, -0.15) is 0 Å². The van der Waals surface area contributed by atoms with E-state index in [1.54, 1.807) is 17.4 Å². The van der Waals surface area contributed by atoms with Gasteiger partial charge in [-0.15, -0.1) is 11.3 Å². The van der Waals surface area contributed by atoms with Crippen LogP contribution in [0.4, 0.5) is 0 Å². The zero-order chi connectivity index (χ0) is 14.5. The van der Waals surface area contributed by atoms with E-state index in [1.807, 2.05) is 0 Å². The summed E-state index contributed by atoms with van der Waals surface area (Å²) in [6, 6.07) is 6.37. The van der Waals surface area contributed by atoms with Crippen LogP contribution in [0.1, 0.15) is 36.8 Å². The number of benzene rings is 1. The van der Waals surface area contributed by atoms with Gasteiger partial charge in [0, 0.05) is 6.42 Å². The van der Waals surface area contributed by atoms with Crippen LogP contribution in [0.3, 0.4) is 0 Å². The Hall–Kier alpha value is -1.68. The van der Waals surface area contributed by atoms with Gasteiger partial charge in [0.2, 0.25) is 0 Å². The van der Waals surface area contributed by atoms with Crippen LogP contribution in [0.15, 0.2) is 30.9 Å². The molecule has 3 nitrogen and oxygen atoms in total. The minimum Gasteiger partial charge on any atom is -0.461 e. The van der Waals surface area contributed by atoms with Crippen LogP contribution >= 0.6 is 11.3 Å². The molecule has 4 heteroatoms. The first kappa shape index (κ1) is 14.7. The summed E-state index contributed by atoms with van der Waals surface area (Å²) in [6.45, 7) is 8.15. The van der Waals surface area contributed by atoms with Crippen LogP contribution in [0, 0.1) is 0 Å². The Balaban J connectivity index is 2.04. The van der Waals surface area contributed by atoms with E-state index in [1.165, 1.54) is 10.3 Å². The lowest BCUT2D eigenvalue weighted by molar-refractivity contribution is -0.142. The van der Waals surface area contributed by atoms with Gasteiger partial charge in [-0.3, -0.25) is 4.79 Å². The Morgan fingerprint density at radius 3 is 3.00 bits per heavy atom. The second-order valence-corrected chi connectivity index (χ2v) is 6.08. The van der Waals surface area contributed by atoms with E-state index in [2.05, 4.69) is 43.6 Å². The van der Waals surface area contributed by atoms with Crippen LogP contribution in [0.2, 0.25) is 0 Å². The second-order valence-electron chi connectivity index (χ2n) is 4.96. The molecule has 0 spiro atoms. The Bertz CT molecular complexity index is 616. The lowest BCUT2D eigenvalue weighted by Crippen LogP contribution is -2.05. The second kappa shape index (κ2) is 6.66. The molecule has 0 unspecified atom stereocenters. The van der Waals surface area contributed by atoms with E-state index in [4.69, 9.17) is 4.74 Å². The summed E-state index contributed by atoms with van der Waals surface area (Å²) in [7, 11) is 0. The monoisotopic (exact) mass is 289 g/mol. The topological polar surface area (TPSA) is 39.2 Å². The molecule has 106 valence electrons. The molecule has 0 saturated carbocycles. The molecule has 0 amide bonds. The van der Waals surface area contributed by atoms with E-state index in [9.17, 15) is 4.79 Å². The first-order valence-electron chi connectivity index (χ1n) is 6.76. The molecule has 0 saturated heterocycles. The number of aromatic nitrogens is 1. The SMILES string of the molecule is C=CCOC(=O)CCc1nc2ccc(C(C)C)cc2s1. The fraction of sp³-hybridized carbons (Fsp3) is 0.375. The van der Waals surface area contributed by atoms with E-state index in [-0.39, 0.29) is 12.6 Å². The summed E-state index contributed by atoms with van der Waals surface area (Å²) in [5, 5.41) is 0.983. The number of carbonyl (C=O) groups is 1. The highest BCUT2D eigenvalue weighted by Gasteiger charge is 2.09. The van der Waals surface area contributed by atoms with Gasteiger partial charge in [0.15, 0.2) is 0 Å². The summed E-state index contributed by atoms with van der Waals surface area (Å²) in [5.74, 6) is 0.311. The van der Waals surface area contributed by atoms with Crippen molar-refractivity contribution in [3.8, 4) is 0 Å². The number of ether oxygens (including phenoxy) is 1. The van der Waals surface area contributed by atoms with Crippen molar-refractivity contribution in [2.24, 2.45) is 0 Å². The molecule has 0 N–H and O–H groups in total. The summed E-state index contributed by atoms with van der Waals surface area (Å²) < 4.78 is 6.14. The van der Waals surface area contributed by atoms with Crippen molar-refractivity contribution in [3.63, 3.8) is 0 Å². The number of aryl methyl sites for hydroxylation is 1. The van der Waals surface area contributed by atoms with Gasteiger partial charge in [0.05, 0.1) is 21.6 Å². The van der Waals surface area contributed by atoms with E-state index >= 15 is 0 Å². The van der Waals surface area contributed by atoms with Gasteiger partial charge >= 0.3 is 5.97 Å². The number of rotatable bonds is 6. The van der Waals surface area contributed by atoms with Gasteiger partial charge < -0.3 is 4.74 Å². The molecule has 0 aliphatic carbocycles. The summed E-state index contributed by atoms with van der Waals surface area (Å²) >= 11 is 1.66. The third-order valence-corrected chi connectivity index (χ3v) is 4.11. The lowest BCUT2D eigenvalue weighted by atomic mass is 10.0. The number of carbonyl (C=O) groups excluding carboxylic acids is 1. The summed E-state index contributed by atoms with van der Waals surface area (Å²) in [5.41, 5.74) is 2.33. The van der Waals surface area contributed by atoms with Crippen LogP contribution in [-0.4, -0.2) is 17.6 Å². The minimum atomic E-state index is -0.202. The third-order valence-electron chi connectivity index (χ3n) is 3.03. The van der Waals surface area contributed by atoms with Crippen LogP contribution in [-0.2, 0) is 16.0 Å². The molecular weight excluding hydrogens is 270 g/mol. The zero-order valence-corrected chi connectivity index (χ0v) is 12.7. The Morgan fingerprint density at radius 2 is 2.30 bits per heavy atom. The van der Waals surface area contributed by atoms with Crippen molar-refractivity contribution < 1.29 is 9.53 Å². The number of fused-ring (bicyclic) bond motifs is 1. The highest BCUT2D eigenvalue weighted by atomic mass is 32.1. The smallest absolute Gasteiger partial charge is 0.306 e. The maximum absolute atomic E-state index is 11.4. The van der Waals surface area contributed by atoms with E-state index in [0.717, 1.165) is 10.5 Å². The molecule has 0 fully saturated rings. The molecule has 0 aliphatic rings.